The highest BCUT2D eigenvalue weighted by Crippen LogP contribution is 2.18. The van der Waals surface area contributed by atoms with Crippen molar-refractivity contribution < 1.29 is 4.74 Å². The number of anilines is 1. The Balaban J connectivity index is 1.86. The van der Waals surface area contributed by atoms with Crippen LogP contribution in [-0.2, 0) is 13.6 Å². The van der Waals surface area contributed by atoms with E-state index in [9.17, 15) is 0 Å². The molecule has 0 atom stereocenters. The summed E-state index contributed by atoms with van der Waals surface area (Å²) in [5.74, 6) is 1.79. The molecular formula is C15H18N4O. The van der Waals surface area contributed by atoms with Crippen LogP contribution in [0.3, 0.4) is 0 Å². The van der Waals surface area contributed by atoms with Crippen molar-refractivity contribution in [2.45, 2.75) is 19.4 Å². The summed E-state index contributed by atoms with van der Waals surface area (Å²) in [6.07, 6.45) is 4.98. The van der Waals surface area contributed by atoms with Crippen molar-refractivity contribution >= 4 is 5.69 Å². The standard InChI is InChI=1S/C15H18N4O/c1-19-9-8-17-15(19)12-18-13-5-4-6-14(11-13)20-10-3-2-7-16/h4-6,8-9,11,18H,2-3,10,12H2,1H3. The Bertz CT molecular complexity index is 586. The number of rotatable bonds is 7. The van der Waals surface area contributed by atoms with Crippen LogP contribution >= 0.6 is 0 Å². The Kier molecular flexibility index (Phi) is 5.01. The second kappa shape index (κ2) is 7.19. The van der Waals surface area contributed by atoms with E-state index in [4.69, 9.17) is 10.00 Å². The minimum atomic E-state index is 0.525. The van der Waals surface area contributed by atoms with Gasteiger partial charge >= 0.3 is 0 Å². The van der Waals surface area contributed by atoms with Gasteiger partial charge in [-0.1, -0.05) is 6.07 Å². The van der Waals surface area contributed by atoms with Crippen LogP contribution in [0.2, 0.25) is 0 Å². The van der Waals surface area contributed by atoms with Gasteiger partial charge in [0.25, 0.3) is 0 Å². The maximum atomic E-state index is 8.47. The van der Waals surface area contributed by atoms with Crippen LogP contribution in [0.5, 0.6) is 5.75 Å². The van der Waals surface area contributed by atoms with Crippen LogP contribution in [0.25, 0.3) is 0 Å². The van der Waals surface area contributed by atoms with E-state index in [1.165, 1.54) is 0 Å². The first-order valence-electron chi connectivity index (χ1n) is 6.59. The molecule has 5 heteroatoms. The lowest BCUT2D eigenvalue weighted by Crippen LogP contribution is -2.05. The molecule has 0 radical (unpaired) electrons. The summed E-state index contributed by atoms with van der Waals surface area (Å²) in [7, 11) is 1.97. The molecule has 5 nitrogen and oxygen atoms in total. The highest BCUT2D eigenvalue weighted by Gasteiger charge is 2.00. The van der Waals surface area contributed by atoms with Crippen molar-refractivity contribution in [2.24, 2.45) is 7.05 Å². The third kappa shape index (κ3) is 4.02. The molecule has 0 spiro atoms. The van der Waals surface area contributed by atoms with E-state index in [1.807, 2.05) is 42.1 Å². The molecular weight excluding hydrogens is 252 g/mol. The van der Waals surface area contributed by atoms with Gasteiger partial charge in [-0.15, -0.1) is 0 Å². The van der Waals surface area contributed by atoms with E-state index in [0.29, 0.717) is 19.6 Å². The zero-order chi connectivity index (χ0) is 14.2. The average molecular weight is 270 g/mol. The van der Waals surface area contributed by atoms with Crippen molar-refractivity contribution in [1.29, 1.82) is 5.26 Å². The summed E-state index contributed by atoms with van der Waals surface area (Å²) in [5.41, 5.74) is 0.991. The lowest BCUT2D eigenvalue weighted by Gasteiger charge is -2.09. The number of hydrogen-bond acceptors (Lipinski definition) is 4. The molecule has 0 saturated heterocycles. The van der Waals surface area contributed by atoms with E-state index in [0.717, 1.165) is 23.7 Å². The first-order chi connectivity index (χ1) is 9.79. The number of imidazole rings is 1. The van der Waals surface area contributed by atoms with Crippen LogP contribution < -0.4 is 10.1 Å². The van der Waals surface area contributed by atoms with Crippen LogP contribution in [0.1, 0.15) is 18.7 Å². The predicted octanol–water partition coefficient (Wildman–Crippen LogP) is 2.71. The van der Waals surface area contributed by atoms with Crippen molar-refractivity contribution in [1.82, 2.24) is 9.55 Å². The third-order valence-corrected chi connectivity index (χ3v) is 2.91. The lowest BCUT2D eigenvalue weighted by atomic mass is 10.3. The highest BCUT2D eigenvalue weighted by molar-refractivity contribution is 5.48. The van der Waals surface area contributed by atoms with Gasteiger partial charge in [0.05, 0.1) is 19.2 Å². The van der Waals surface area contributed by atoms with Gasteiger partial charge in [0.15, 0.2) is 0 Å². The Morgan fingerprint density at radius 3 is 3.10 bits per heavy atom. The molecule has 0 aliphatic rings. The first-order valence-corrected chi connectivity index (χ1v) is 6.59. The fraction of sp³-hybridized carbons (Fsp3) is 0.333. The second-order valence-corrected chi connectivity index (χ2v) is 4.45. The molecule has 0 aliphatic heterocycles. The quantitative estimate of drug-likeness (QED) is 0.786. The molecule has 0 saturated carbocycles. The Hall–Kier alpha value is -2.48. The molecule has 0 amide bonds. The van der Waals surface area contributed by atoms with E-state index < -0.39 is 0 Å². The van der Waals surface area contributed by atoms with Gasteiger partial charge in [-0.25, -0.2) is 4.98 Å². The SMILES string of the molecule is Cn1ccnc1CNc1cccc(OCCCC#N)c1. The van der Waals surface area contributed by atoms with E-state index in [-0.39, 0.29) is 0 Å². The molecule has 1 aromatic heterocycles. The van der Waals surface area contributed by atoms with Gasteiger partial charge in [0.1, 0.15) is 11.6 Å². The zero-order valence-electron chi connectivity index (χ0n) is 11.5. The Labute approximate surface area is 118 Å². The fourth-order valence-electron chi connectivity index (χ4n) is 1.79. The normalized spacial score (nSPS) is 10.0. The van der Waals surface area contributed by atoms with Gasteiger partial charge < -0.3 is 14.6 Å². The Morgan fingerprint density at radius 2 is 2.35 bits per heavy atom. The van der Waals surface area contributed by atoms with Crippen LogP contribution in [0.15, 0.2) is 36.7 Å². The smallest absolute Gasteiger partial charge is 0.127 e. The maximum absolute atomic E-state index is 8.47. The van der Waals surface area contributed by atoms with Crippen LogP contribution in [-0.4, -0.2) is 16.2 Å². The molecule has 1 N–H and O–H groups in total. The maximum Gasteiger partial charge on any atom is 0.127 e. The highest BCUT2D eigenvalue weighted by atomic mass is 16.5. The molecule has 0 fully saturated rings. The Morgan fingerprint density at radius 1 is 1.45 bits per heavy atom. The molecule has 1 heterocycles. The molecule has 1 aromatic carbocycles. The van der Waals surface area contributed by atoms with Crippen molar-refractivity contribution in [3.05, 3.63) is 42.5 Å². The third-order valence-electron chi connectivity index (χ3n) is 2.91. The number of hydrogen-bond donors (Lipinski definition) is 1. The van der Waals surface area contributed by atoms with Gasteiger partial charge in [-0.2, -0.15) is 5.26 Å². The summed E-state index contributed by atoms with van der Waals surface area (Å²) in [5, 5.41) is 11.8. The molecule has 2 aromatic rings. The van der Waals surface area contributed by atoms with Gasteiger partial charge in [-0.3, -0.25) is 0 Å². The largest absolute Gasteiger partial charge is 0.493 e. The summed E-state index contributed by atoms with van der Waals surface area (Å²) in [6.45, 7) is 1.23. The number of ether oxygens (including phenoxy) is 1. The first kappa shape index (κ1) is 13.9. The summed E-state index contributed by atoms with van der Waals surface area (Å²) < 4.78 is 7.58. The molecule has 0 bridgehead atoms. The van der Waals surface area contributed by atoms with E-state index in [1.54, 1.807) is 6.20 Å². The number of nitrogens with one attached hydrogen (secondary N) is 1. The number of benzene rings is 1. The van der Waals surface area contributed by atoms with Crippen molar-refractivity contribution in [2.75, 3.05) is 11.9 Å². The summed E-state index contributed by atoms with van der Waals surface area (Å²) in [4.78, 5) is 4.26. The summed E-state index contributed by atoms with van der Waals surface area (Å²) >= 11 is 0. The average Bonchev–Trinajstić information content (AvgIpc) is 2.87. The molecule has 0 aliphatic carbocycles. The van der Waals surface area contributed by atoms with Gasteiger partial charge in [0, 0.05) is 37.6 Å². The number of nitrogens with zero attached hydrogens (tertiary/aromatic N) is 3. The number of nitriles is 1. The van der Waals surface area contributed by atoms with E-state index in [2.05, 4.69) is 16.4 Å². The van der Waals surface area contributed by atoms with Crippen LogP contribution in [0.4, 0.5) is 5.69 Å². The minimum Gasteiger partial charge on any atom is -0.493 e. The minimum absolute atomic E-state index is 0.525. The molecule has 2 rings (SSSR count). The topological polar surface area (TPSA) is 62.9 Å². The number of aromatic nitrogens is 2. The van der Waals surface area contributed by atoms with Crippen molar-refractivity contribution in [3.8, 4) is 11.8 Å². The van der Waals surface area contributed by atoms with Crippen LogP contribution in [0, 0.1) is 11.3 Å². The predicted molar refractivity (Wildman–Crippen MR) is 77.3 cm³/mol. The fourth-order valence-corrected chi connectivity index (χ4v) is 1.79. The van der Waals surface area contributed by atoms with Gasteiger partial charge in [0.2, 0.25) is 0 Å². The summed E-state index contributed by atoms with van der Waals surface area (Å²) in [6, 6.07) is 9.91. The van der Waals surface area contributed by atoms with Gasteiger partial charge in [-0.05, 0) is 18.6 Å². The molecule has 0 unspecified atom stereocenters. The second-order valence-electron chi connectivity index (χ2n) is 4.45. The van der Waals surface area contributed by atoms with Crippen molar-refractivity contribution in [3.63, 3.8) is 0 Å². The van der Waals surface area contributed by atoms with E-state index >= 15 is 0 Å². The number of aryl methyl sites for hydroxylation is 1. The molecule has 104 valence electrons. The monoisotopic (exact) mass is 270 g/mol. The number of unbranched alkanes of at least 4 members (excludes halogenated alkanes) is 1. The lowest BCUT2D eigenvalue weighted by molar-refractivity contribution is 0.313. The zero-order valence-corrected chi connectivity index (χ0v) is 11.5. The molecule has 20 heavy (non-hydrogen) atoms.